The van der Waals surface area contributed by atoms with Gasteiger partial charge in [-0.25, -0.2) is 4.57 Å². The van der Waals surface area contributed by atoms with E-state index < -0.39 is 63.1 Å². The lowest BCUT2D eigenvalue weighted by Crippen LogP contribution is -2.64. The fraction of sp³-hybridized carbons (Fsp3) is 0.898. The molecule has 1 aliphatic carbocycles. The van der Waals surface area contributed by atoms with Crippen molar-refractivity contribution in [1.82, 2.24) is 0 Å². The van der Waals surface area contributed by atoms with Gasteiger partial charge in [-0.15, -0.1) is 0 Å². The number of hydrogen-bond donors (Lipinski definition) is 6. The Kier molecular flexibility index (Phi) is 38.1. The molecular formula is C49H93O12P. The summed E-state index contributed by atoms with van der Waals surface area (Å²) in [6.07, 6.45) is 33.8. The molecule has 0 aliphatic heterocycles. The van der Waals surface area contributed by atoms with Gasteiger partial charge < -0.3 is 39.9 Å². The molecule has 12 nitrogen and oxygen atoms in total. The van der Waals surface area contributed by atoms with Crippen LogP contribution in [0.2, 0.25) is 0 Å². The number of phosphoric acid groups is 1. The van der Waals surface area contributed by atoms with Crippen LogP contribution in [0.4, 0.5) is 0 Å². The minimum atomic E-state index is -5.02. The minimum absolute atomic E-state index is 0.0755. The van der Waals surface area contributed by atoms with Gasteiger partial charge in [0.25, 0.3) is 0 Å². The molecule has 62 heavy (non-hydrogen) atoms. The molecule has 0 aromatic rings. The van der Waals surface area contributed by atoms with Crippen molar-refractivity contribution in [1.29, 1.82) is 0 Å². The summed E-state index contributed by atoms with van der Waals surface area (Å²) < 4.78 is 34.3. The Morgan fingerprint density at radius 2 is 0.903 bits per heavy atom. The van der Waals surface area contributed by atoms with E-state index in [0.717, 1.165) is 57.8 Å². The molecule has 0 heterocycles. The van der Waals surface area contributed by atoms with Crippen LogP contribution in [0.25, 0.3) is 0 Å². The van der Waals surface area contributed by atoms with Gasteiger partial charge in [-0.2, -0.15) is 0 Å². The number of aliphatic hydroxyl groups is 5. The van der Waals surface area contributed by atoms with Gasteiger partial charge >= 0.3 is 13.8 Å². The molecule has 13 heteroatoms. The molecular weight excluding hydrogens is 812 g/mol. The summed E-state index contributed by atoms with van der Waals surface area (Å²) in [6.45, 7) is 4.26. The second kappa shape index (κ2) is 40.1. The first-order valence-electron chi connectivity index (χ1n) is 25.2. The summed E-state index contributed by atoms with van der Waals surface area (Å²) in [5.41, 5.74) is 0. The highest BCUT2D eigenvalue weighted by molar-refractivity contribution is 7.47. The SMILES string of the molecule is CCCCC/C=C\C/C=C\CCCCCCCCCC(=O)O[C@H](COCCCCCCCCCCCCCCCCCCCC)COP(=O)(O)OC1C(O)C(O)C(O)[C@@H](O)C1O. The van der Waals surface area contributed by atoms with Gasteiger partial charge in [0.15, 0.2) is 0 Å². The summed E-state index contributed by atoms with van der Waals surface area (Å²) in [7, 11) is -5.02. The average molecular weight is 905 g/mol. The first-order chi connectivity index (χ1) is 30.0. The third-order valence-electron chi connectivity index (χ3n) is 11.8. The van der Waals surface area contributed by atoms with Crippen LogP contribution < -0.4 is 0 Å². The lowest BCUT2D eigenvalue weighted by molar-refractivity contribution is -0.220. The fourth-order valence-corrected chi connectivity index (χ4v) is 8.77. The maximum Gasteiger partial charge on any atom is 0.472 e. The Balaban J connectivity index is 2.35. The van der Waals surface area contributed by atoms with Gasteiger partial charge in [0.1, 0.15) is 42.7 Å². The van der Waals surface area contributed by atoms with Crippen molar-refractivity contribution in [3.05, 3.63) is 24.3 Å². The largest absolute Gasteiger partial charge is 0.472 e. The van der Waals surface area contributed by atoms with Gasteiger partial charge in [0.05, 0.1) is 13.2 Å². The number of phosphoric ester groups is 1. The summed E-state index contributed by atoms with van der Waals surface area (Å²) in [5.74, 6) is -0.481. The lowest BCUT2D eigenvalue weighted by Gasteiger charge is -2.41. The second-order valence-electron chi connectivity index (χ2n) is 17.7. The molecule has 0 spiro atoms. The minimum Gasteiger partial charge on any atom is -0.457 e. The van der Waals surface area contributed by atoms with Gasteiger partial charge in [-0.3, -0.25) is 13.8 Å². The van der Waals surface area contributed by atoms with Gasteiger partial charge in [0, 0.05) is 13.0 Å². The monoisotopic (exact) mass is 905 g/mol. The Morgan fingerprint density at radius 1 is 0.516 bits per heavy atom. The highest BCUT2D eigenvalue weighted by atomic mass is 31.2. The van der Waals surface area contributed by atoms with Crippen LogP contribution in [-0.4, -0.2) is 98.9 Å². The smallest absolute Gasteiger partial charge is 0.457 e. The van der Waals surface area contributed by atoms with E-state index in [1.807, 2.05) is 0 Å². The van der Waals surface area contributed by atoms with Gasteiger partial charge in [0.2, 0.25) is 0 Å². The number of carbonyl (C=O) groups excluding carboxylic acids is 1. The Morgan fingerprint density at radius 3 is 1.39 bits per heavy atom. The molecule has 6 N–H and O–H groups in total. The van der Waals surface area contributed by atoms with Gasteiger partial charge in [-0.05, 0) is 44.9 Å². The number of allylic oxidation sites excluding steroid dienone is 4. The molecule has 366 valence electrons. The number of hydrogen-bond acceptors (Lipinski definition) is 11. The number of rotatable bonds is 43. The standard InChI is InChI=1S/C49H93O12P/c1-3-5-7-9-11-13-15-17-19-21-23-25-27-29-31-33-35-37-39-58-40-42(41-59-62(56,57)61-49-47(54)45(52)44(51)46(53)48(49)55)60-43(50)38-36-34-32-30-28-26-24-22-20-18-16-14-12-10-8-6-4-2/h12,14,18,20,42,44-49,51-55H,3-11,13,15-17,19,21-41H2,1-2H3,(H,56,57)/b14-12-,20-18-/t42-,44?,45-,46?,47?,48?,49?/m1/s1. The zero-order chi connectivity index (χ0) is 45.5. The van der Waals surface area contributed by atoms with Gasteiger partial charge in [-0.1, -0.05) is 192 Å². The molecule has 0 radical (unpaired) electrons. The molecule has 0 bridgehead atoms. The van der Waals surface area contributed by atoms with Crippen LogP contribution in [0, 0.1) is 0 Å². The van der Waals surface area contributed by atoms with E-state index in [-0.39, 0.29) is 13.0 Å². The van der Waals surface area contributed by atoms with Crippen molar-refractivity contribution in [3.8, 4) is 0 Å². The number of ether oxygens (including phenoxy) is 2. The van der Waals surface area contributed by atoms with Crippen LogP contribution in [0.1, 0.15) is 219 Å². The van der Waals surface area contributed by atoms with Crippen molar-refractivity contribution < 1.29 is 58.3 Å². The zero-order valence-electron chi connectivity index (χ0n) is 39.2. The second-order valence-corrected chi connectivity index (χ2v) is 19.1. The molecule has 0 aromatic heterocycles. The molecule has 1 saturated carbocycles. The molecule has 1 aliphatic rings. The number of carbonyl (C=O) groups is 1. The predicted octanol–water partition coefficient (Wildman–Crippen LogP) is 10.9. The van der Waals surface area contributed by atoms with Crippen molar-refractivity contribution in [3.63, 3.8) is 0 Å². The summed E-state index contributed by atoms with van der Waals surface area (Å²) in [4.78, 5) is 23.2. The Bertz CT molecular complexity index is 1120. The van der Waals surface area contributed by atoms with E-state index in [0.29, 0.717) is 13.0 Å². The van der Waals surface area contributed by atoms with E-state index in [4.69, 9.17) is 18.5 Å². The highest BCUT2D eigenvalue weighted by Gasteiger charge is 2.51. The topological polar surface area (TPSA) is 192 Å². The lowest BCUT2D eigenvalue weighted by atomic mass is 9.85. The van der Waals surface area contributed by atoms with Crippen LogP contribution in [0.15, 0.2) is 24.3 Å². The zero-order valence-corrected chi connectivity index (χ0v) is 40.1. The van der Waals surface area contributed by atoms with Crippen LogP contribution in [0.3, 0.4) is 0 Å². The quantitative estimate of drug-likeness (QED) is 0.0147. The molecule has 1 fully saturated rings. The van der Waals surface area contributed by atoms with Crippen molar-refractivity contribution in [2.45, 2.75) is 262 Å². The molecule has 0 aromatic carbocycles. The molecule has 1 rings (SSSR count). The summed E-state index contributed by atoms with van der Waals surface area (Å²) in [5, 5.41) is 50.3. The first kappa shape index (κ1) is 58.8. The number of esters is 1. The maximum atomic E-state index is 12.8. The van der Waals surface area contributed by atoms with E-state index >= 15 is 0 Å². The fourth-order valence-electron chi connectivity index (χ4n) is 7.80. The highest BCUT2D eigenvalue weighted by Crippen LogP contribution is 2.47. The van der Waals surface area contributed by atoms with Crippen LogP contribution in [-0.2, 0) is 27.9 Å². The number of unbranched alkanes of at least 4 members (excludes halogenated alkanes) is 27. The molecule has 8 atom stereocenters. The first-order valence-corrected chi connectivity index (χ1v) is 26.7. The molecule has 0 amide bonds. The van der Waals surface area contributed by atoms with Crippen molar-refractivity contribution >= 4 is 13.8 Å². The third-order valence-corrected chi connectivity index (χ3v) is 12.8. The molecule has 6 unspecified atom stereocenters. The summed E-state index contributed by atoms with van der Waals surface area (Å²) in [6, 6.07) is 0. The summed E-state index contributed by atoms with van der Waals surface area (Å²) >= 11 is 0. The predicted molar refractivity (Wildman–Crippen MR) is 249 cm³/mol. The average Bonchev–Trinajstić information content (AvgIpc) is 3.26. The van der Waals surface area contributed by atoms with E-state index in [1.54, 1.807) is 0 Å². The third kappa shape index (κ3) is 31.7. The molecule has 0 saturated heterocycles. The van der Waals surface area contributed by atoms with E-state index in [2.05, 4.69) is 38.2 Å². The normalized spacial score (nSPS) is 22.1. The van der Waals surface area contributed by atoms with E-state index in [1.165, 1.54) is 135 Å². The maximum absolute atomic E-state index is 12.8. The Labute approximate surface area is 377 Å². The van der Waals surface area contributed by atoms with Crippen molar-refractivity contribution in [2.24, 2.45) is 0 Å². The Hall–Kier alpha value is -1.18. The van der Waals surface area contributed by atoms with E-state index in [9.17, 15) is 39.8 Å². The van der Waals surface area contributed by atoms with Crippen LogP contribution >= 0.6 is 7.82 Å². The van der Waals surface area contributed by atoms with Crippen LogP contribution in [0.5, 0.6) is 0 Å². The number of aliphatic hydroxyl groups excluding tert-OH is 5. The van der Waals surface area contributed by atoms with Crippen molar-refractivity contribution in [2.75, 3.05) is 19.8 Å².